The molecule has 14 heavy (non-hydrogen) atoms. The fraction of sp³-hybridized carbons (Fsp3) is 0.571. The van der Waals surface area contributed by atoms with E-state index in [9.17, 15) is 0 Å². The van der Waals surface area contributed by atoms with E-state index >= 15 is 0 Å². The molecule has 78 valence electrons. The SMILES string of the molecule is CCCc1cc(C)ccc1C(C)(C)C. The van der Waals surface area contributed by atoms with E-state index in [1.54, 1.807) is 0 Å². The summed E-state index contributed by atoms with van der Waals surface area (Å²) < 4.78 is 0. The van der Waals surface area contributed by atoms with Crippen molar-refractivity contribution in [2.24, 2.45) is 0 Å². The van der Waals surface area contributed by atoms with Gasteiger partial charge in [-0.3, -0.25) is 0 Å². The third-order valence-corrected chi connectivity index (χ3v) is 2.59. The molecule has 0 saturated carbocycles. The van der Waals surface area contributed by atoms with Crippen molar-refractivity contribution in [1.29, 1.82) is 0 Å². The fourth-order valence-corrected chi connectivity index (χ4v) is 1.93. The van der Waals surface area contributed by atoms with Crippen molar-refractivity contribution >= 4 is 0 Å². The van der Waals surface area contributed by atoms with Gasteiger partial charge in [-0.2, -0.15) is 0 Å². The van der Waals surface area contributed by atoms with Crippen molar-refractivity contribution < 1.29 is 0 Å². The number of rotatable bonds is 2. The van der Waals surface area contributed by atoms with Crippen molar-refractivity contribution in [3.63, 3.8) is 0 Å². The van der Waals surface area contributed by atoms with E-state index in [-0.39, 0.29) is 5.41 Å². The maximum Gasteiger partial charge on any atom is -0.0129 e. The highest BCUT2D eigenvalue weighted by Crippen LogP contribution is 2.27. The lowest BCUT2D eigenvalue weighted by molar-refractivity contribution is 0.581. The molecule has 0 bridgehead atoms. The van der Waals surface area contributed by atoms with Gasteiger partial charge >= 0.3 is 0 Å². The Hall–Kier alpha value is -0.780. The second-order valence-electron chi connectivity index (χ2n) is 5.16. The smallest absolute Gasteiger partial charge is 0.0129 e. The highest BCUT2D eigenvalue weighted by atomic mass is 14.2. The van der Waals surface area contributed by atoms with Crippen LogP contribution >= 0.6 is 0 Å². The molecule has 0 amide bonds. The average Bonchev–Trinajstić information content (AvgIpc) is 2.02. The zero-order valence-corrected chi connectivity index (χ0v) is 10.1. The summed E-state index contributed by atoms with van der Waals surface area (Å²) in [6.45, 7) is 11.3. The predicted molar refractivity (Wildman–Crippen MR) is 63.9 cm³/mol. The monoisotopic (exact) mass is 190 g/mol. The summed E-state index contributed by atoms with van der Waals surface area (Å²) >= 11 is 0. The minimum atomic E-state index is 0.276. The van der Waals surface area contributed by atoms with Crippen LogP contribution in [0.2, 0.25) is 0 Å². The van der Waals surface area contributed by atoms with Crippen molar-refractivity contribution in [2.75, 3.05) is 0 Å². The molecular formula is C14H22. The number of hydrogen-bond donors (Lipinski definition) is 0. The number of benzene rings is 1. The van der Waals surface area contributed by atoms with Crippen LogP contribution in [-0.4, -0.2) is 0 Å². The molecule has 0 N–H and O–H groups in total. The summed E-state index contributed by atoms with van der Waals surface area (Å²) in [6, 6.07) is 6.85. The second kappa shape index (κ2) is 4.16. The lowest BCUT2D eigenvalue weighted by Gasteiger charge is -2.23. The molecule has 0 aliphatic heterocycles. The van der Waals surface area contributed by atoms with Crippen LogP contribution < -0.4 is 0 Å². The van der Waals surface area contributed by atoms with Gasteiger partial charge in [-0.05, 0) is 29.9 Å². The molecule has 1 rings (SSSR count). The molecule has 0 nitrogen and oxygen atoms in total. The largest absolute Gasteiger partial charge is 0.0651 e. The third kappa shape index (κ3) is 2.60. The molecule has 0 heterocycles. The van der Waals surface area contributed by atoms with Crippen LogP contribution in [0.5, 0.6) is 0 Å². The van der Waals surface area contributed by atoms with Crippen LogP contribution in [0, 0.1) is 6.92 Å². The summed E-state index contributed by atoms with van der Waals surface area (Å²) in [5.41, 5.74) is 4.68. The van der Waals surface area contributed by atoms with E-state index < -0.39 is 0 Å². The molecule has 1 aromatic rings. The lowest BCUT2D eigenvalue weighted by atomic mass is 9.82. The first kappa shape index (κ1) is 11.3. The Morgan fingerprint density at radius 1 is 1.14 bits per heavy atom. The summed E-state index contributed by atoms with van der Waals surface area (Å²) in [4.78, 5) is 0. The van der Waals surface area contributed by atoms with E-state index in [1.807, 2.05) is 0 Å². The lowest BCUT2D eigenvalue weighted by Crippen LogP contribution is -2.14. The van der Waals surface area contributed by atoms with E-state index in [0.717, 1.165) is 0 Å². The molecule has 0 saturated heterocycles. The van der Waals surface area contributed by atoms with Crippen LogP contribution in [-0.2, 0) is 11.8 Å². The molecule has 0 fully saturated rings. The first-order chi connectivity index (χ1) is 6.45. The van der Waals surface area contributed by atoms with E-state index in [4.69, 9.17) is 0 Å². The molecule has 0 aromatic heterocycles. The Bertz CT molecular complexity index is 302. The highest BCUT2D eigenvalue weighted by Gasteiger charge is 2.16. The Kier molecular flexibility index (Phi) is 3.36. The molecular weight excluding hydrogens is 168 g/mol. The van der Waals surface area contributed by atoms with Gasteiger partial charge in [-0.15, -0.1) is 0 Å². The standard InChI is InChI=1S/C14H22/c1-6-7-12-10-11(2)8-9-13(12)14(3,4)5/h8-10H,6-7H2,1-5H3. The van der Waals surface area contributed by atoms with Gasteiger partial charge in [0.25, 0.3) is 0 Å². The Balaban J connectivity index is 3.15. The fourth-order valence-electron chi connectivity index (χ4n) is 1.93. The normalized spacial score (nSPS) is 11.8. The van der Waals surface area contributed by atoms with Crippen LogP contribution in [0.25, 0.3) is 0 Å². The highest BCUT2D eigenvalue weighted by molar-refractivity contribution is 5.36. The zero-order chi connectivity index (χ0) is 10.8. The molecule has 0 aliphatic carbocycles. The Morgan fingerprint density at radius 3 is 2.29 bits per heavy atom. The van der Waals surface area contributed by atoms with Crippen molar-refractivity contribution in [2.45, 2.75) is 52.9 Å². The van der Waals surface area contributed by atoms with Gasteiger partial charge in [-0.25, -0.2) is 0 Å². The predicted octanol–water partition coefficient (Wildman–Crippen LogP) is 4.25. The quantitative estimate of drug-likeness (QED) is 0.654. The molecule has 0 aliphatic rings. The maximum absolute atomic E-state index is 2.34. The van der Waals surface area contributed by atoms with Gasteiger partial charge < -0.3 is 0 Å². The Labute approximate surface area is 88.4 Å². The van der Waals surface area contributed by atoms with Crippen molar-refractivity contribution in [3.8, 4) is 0 Å². The van der Waals surface area contributed by atoms with E-state index in [2.05, 4.69) is 52.8 Å². The van der Waals surface area contributed by atoms with Crippen LogP contribution in [0.4, 0.5) is 0 Å². The number of aryl methyl sites for hydroxylation is 2. The first-order valence-electron chi connectivity index (χ1n) is 5.55. The zero-order valence-electron chi connectivity index (χ0n) is 10.1. The topological polar surface area (TPSA) is 0 Å². The van der Waals surface area contributed by atoms with Crippen LogP contribution in [0.15, 0.2) is 18.2 Å². The molecule has 0 atom stereocenters. The minimum Gasteiger partial charge on any atom is -0.0651 e. The van der Waals surface area contributed by atoms with Gasteiger partial charge in [-0.1, -0.05) is 57.9 Å². The summed E-state index contributed by atoms with van der Waals surface area (Å²) in [6.07, 6.45) is 2.43. The summed E-state index contributed by atoms with van der Waals surface area (Å²) in [5, 5.41) is 0. The maximum atomic E-state index is 2.34. The molecule has 0 unspecified atom stereocenters. The van der Waals surface area contributed by atoms with Crippen molar-refractivity contribution in [1.82, 2.24) is 0 Å². The summed E-state index contributed by atoms with van der Waals surface area (Å²) in [5.74, 6) is 0. The van der Waals surface area contributed by atoms with Crippen LogP contribution in [0.1, 0.15) is 50.8 Å². The minimum absolute atomic E-state index is 0.276. The number of hydrogen-bond acceptors (Lipinski definition) is 0. The molecule has 1 aromatic carbocycles. The van der Waals surface area contributed by atoms with Gasteiger partial charge in [0.05, 0.1) is 0 Å². The second-order valence-corrected chi connectivity index (χ2v) is 5.16. The van der Waals surface area contributed by atoms with Crippen molar-refractivity contribution in [3.05, 3.63) is 34.9 Å². The first-order valence-corrected chi connectivity index (χ1v) is 5.55. The summed E-state index contributed by atoms with van der Waals surface area (Å²) in [7, 11) is 0. The third-order valence-electron chi connectivity index (χ3n) is 2.59. The van der Waals surface area contributed by atoms with Crippen LogP contribution in [0.3, 0.4) is 0 Å². The average molecular weight is 190 g/mol. The molecule has 0 radical (unpaired) electrons. The van der Waals surface area contributed by atoms with Gasteiger partial charge in [0.1, 0.15) is 0 Å². The van der Waals surface area contributed by atoms with E-state index in [1.165, 1.54) is 29.5 Å². The van der Waals surface area contributed by atoms with E-state index in [0.29, 0.717) is 0 Å². The Morgan fingerprint density at radius 2 is 1.79 bits per heavy atom. The molecule has 0 spiro atoms. The molecule has 0 heteroatoms. The van der Waals surface area contributed by atoms with Gasteiger partial charge in [0, 0.05) is 0 Å². The van der Waals surface area contributed by atoms with Gasteiger partial charge in [0.15, 0.2) is 0 Å². The van der Waals surface area contributed by atoms with Gasteiger partial charge in [0.2, 0.25) is 0 Å².